The maximum Gasteiger partial charge on any atom is 0.389 e. The van der Waals surface area contributed by atoms with Crippen molar-refractivity contribution in [1.29, 1.82) is 0 Å². The summed E-state index contributed by atoms with van der Waals surface area (Å²) in [5.41, 5.74) is 5.00. The van der Waals surface area contributed by atoms with Gasteiger partial charge in [0.1, 0.15) is 5.52 Å². The number of halogens is 3. The summed E-state index contributed by atoms with van der Waals surface area (Å²) >= 11 is 0. The maximum atomic E-state index is 12.2. The zero-order chi connectivity index (χ0) is 26.6. The van der Waals surface area contributed by atoms with Crippen LogP contribution in [0.3, 0.4) is 0 Å². The van der Waals surface area contributed by atoms with E-state index in [1.165, 1.54) is 43.5 Å². The van der Waals surface area contributed by atoms with Crippen molar-refractivity contribution in [2.75, 3.05) is 19.6 Å². The highest BCUT2D eigenvalue weighted by atomic mass is 19.4. The Hall–Kier alpha value is -2.41. The number of rotatable bonds is 15. The molecule has 0 radical (unpaired) electrons. The zero-order valence-electron chi connectivity index (χ0n) is 22.6. The number of piperidine rings is 1. The summed E-state index contributed by atoms with van der Waals surface area (Å²) in [6.45, 7) is 4.42. The van der Waals surface area contributed by atoms with Crippen LogP contribution in [0, 0.1) is 0 Å². The van der Waals surface area contributed by atoms with Crippen LogP contribution in [0.2, 0.25) is 0 Å². The number of para-hydroxylation sites is 1. The molecular formula is C31H43F3N4. The van der Waals surface area contributed by atoms with E-state index in [2.05, 4.69) is 45.5 Å². The van der Waals surface area contributed by atoms with Gasteiger partial charge >= 0.3 is 6.18 Å². The minimum Gasteiger partial charge on any atom is -0.303 e. The van der Waals surface area contributed by atoms with Crippen LogP contribution < -0.4 is 0 Å². The van der Waals surface area contributed by atoms with Gasteiger partial charge in [-0.2, -0.15) is 13.2 Å². The Morgan fingerprint density at radius 3 is 2.26 bits per heavy atom. The predicted octanol–water partition coefficient (Wildman–Crippen LogP) is 8.32. The molecule has 1 fully saturated rings. The first-order valence-electron chi connectivity index (χ1n) is 14.6. The highest BCUT2D eigenvalue weighted by Gasteiger charge is 2.25. The van der Waals surface area contributed by atoms with E-state index in [0.29, 0.717) is 12.3 Å². The predicted molar refractivity (Wildman–Crippen MR) is 148 cm³/mol. The molecule has 0 N–H and O–H groups in total. The van der Waals surface area contributed by atoms with Crippen molar-refractivity contribution in [1.82, 2.24) is 19.9 Å². The van der Waals surface area contributed by atoms with Crippen molar-refractivity contribution in [3.8, 4) is 0 Å². The molecule has 0 saturated carbocycles. The molecule has 2 aromatic carbocycles. The van der Waals surface area contributed by atoms with Gasteiger partial charge in [0.2, 0.25) is 0 Å². The summed E-state index contributed by atoms with van der Waals surface area (Å²) in [6, 6.07) is 17.3. The lowest BCUT2D eigenvalue weighted by Crippen LogP contribution is -2.33. The highest BCUT2D eigenvalue weighted by Crippen LogP contribution is 2.29. The Balaban J connectivity index is 1.07. The quantitative estimate of drug-likeness (QED) is 0.186. The lowest BCUT2D eigenvalue weighted by atomic mass is 9.88. The van der Waals surface area contributed by atoms with Crippen LogP contribution in [0.1, 0.15) is 94.1 Å². The van der Waals surface area contributed by atoms with Crippen LogP contribution in [0.25, 0.3) is 11.0 Å². The van der Waals surface area contributed by atoms with Gasteiger partial charge in [-0.05, 0) is 93.8 Å². The average Bonchev–Trinajstić information content (AvgIpc) is 3.33. The Kier molecular flexibility index (Phi) is 11.0. The second kappa shape index (κ2) is 14.7. The topological polar surface area (TPSA) is 34.0 Å². The summed E-state index contributed by atoms with van der Waals surface area (Å²) in [5.74, 6) is 0.657. The van der Waals surface area contributed by atoms with Crippen molar-refractivity contribution in [3.05, 3.63) is 59.7 Å². The Morgan fingerprint density at radius 1 is 0.763 bits per heavy atom. The van der Waals surface area contributed by atoms with Crippen LogP contribution in [0.15, 0.2) is 48.5 Å². The fourth-order valence-electron chi connectivity index (χ4n) is 5.71. The van der Waals surface area contributed by atoms with Crippen LogP contribution in [-0.2, 0) is 13.0 Å². The Morgan fingerprint density at radius 2 is 1.47 bits per heavy atom. The van der Waals surface area contributed by atoms with Crippen LogP contribution in [0.5, 0.6) is 0 Å². The third kappa shape index (κ3) is 9.40. The largest absolute Gasteiger partial charge is 0.389 e. The number of alkyl halides is 3. The van der Waals surface area contributed by atoms with Gasteiger partial charge in [0.25, 0.3) is 0 Å². The summed E-state index contributed by atoms with van der Waals surface area (Å²) in [5, 5.41) is 8.55. The number of hydrogen-bond acceptors (Lipinski definition) is 3. The van der Waals surface area contributed by atoms with Gasteiger partial charge in [-0.25, -0.2) is 4.68 Å². The average molecular weight is 529 g/mol. The molecule has 0 bridgehead atoms. The van der Waals surface area contributed by atoms with Crippen LogP contribution in [-0.4, -0.2) is 45.7 Å². The molecule has 3 aromatic rings. The lowest BCUT2D eigenvalue weighted by molar-refractivity contribution is -0.135. The molecule has 1 aliphatic rings. The molecule has 4 rings (SSSR count). The number of fused-ring (bicyclic) bond motifs is 1. The van der Waals surface area contributed by atoms with Gasteiger partial charge < -0.3 is 4.90 Å². The molecule has 208 valence electrons. The van der Waals surface area contributed by atoms with Crippen LogP contribution in [0.4, 0.5) is 13.2 Å². The maximum absolute atomic E-state index is 12.2. The van der Waals surface area contributed by atoms with Gasteiger partial charge in [0.05, 0.1) is 5.52 Å². The molecule has 7 heteroatoms. The first-order chi connectivity index (χ1) is 18.5. The van der Waals surface area contributed by atoms with Crippen LogP contribution >= 0.6 is 0 Å². The Labute approximate surface area is 225 Å². The fourth-order valence-corrected chi connectivity index (χ4v) is 5.71. The number of aromatic nitrogens is 3. The summed E-state index contributed by atoms with van der Waals surface area (Å²) in [6.07, 6.45) is 7.61. The number of hydrogen-bond donors (Lipinski definition) is 0. The molecule has 0 aliphatic carbocycles. The molecular weight excluding hydrogens is 485 g/mol. The van der Waals surface area contributed by atoms with E-state index in [0.717, 1.165) is 69.1 Å². The fraction of sp³-hybridized carbons (Fsp3) is 0.613. The van der Waals surface area contributed by atoms with Crippen molar-refractivity contribution >= 4 is 11.0 Å². The standard InChI is InChI=1S/C31H43F3N4/c32-31(33,34)20-9-5-3-1-2-4-6-13-26-14-12-15-28(25-26)27-18-23-37(24-19-27)21-10-11-22-38-30-17-8-7-16-29(30)35-36-38/h7-8,12,14-17,25,27H,1-6,9-11,13,18-24H2. The molecule has 1 saturated heterocycles. The van der Waals surface area contributed by atoms with E-state index in [9.17, 15) is 13.2 Å². The van der Waals surface area contributed by atoms with E-state index in [1.54, 1.807) is 0 Å². The number of benzene rings is 2. The minimum absolute atomic E-state index is 0.275. The van der Waals surface area contributed by atoms with E-state index in [-0.39, 0.29) is 6.42 Å². The Bertz CT molecular complexity index is 1090. The minimum atomic E-state index is -4.00. The van der Waals surface area contributed by atoms with Gasteiger partial charge in [-0.3, -0.25) is 0 Å². The van der Waals surface area contributed by atoms with Crippen molar-refractivity contribution in [3.63, 3.8) is 0 Å². The smallest absolute Gasteiger partial charge is 0.303 e. The number of aryl methyl sites for hydroxylation is 2. The first kappa shape index (κ1) is 28.6. The van der Waals surface area contributed by atoms with Gasteiger partial charge in [-0.15, -0.1) is 5.10 Å². The van der Waals surface area contributed by atoms with E-state index in [1.807, 2.05) is 22.9 Å². The molecule has 0 amide bonds. The van der Waals surface area contributed by atoms with Gasteiger partial charge in [0, 0.05) is 13.0 Å². The molecule has 38 heavy (non-hydrogen) atoms. The normalized spacial score (nSPS) is 15.4. The van der Waals surface area contributed by atoms with Gasteiger partial charge in [0.15, 0.2) is 0 Å². The second-order valence-electron chi connectivity index (χ2n) is 11.0. The van der Waals surface area contributed by atoms with Crippen molar-refractivity contribution in [2.24, 2.45) is 0 Å². The van der Waals surface area contributed by atoms with E-state index < -0.39 is 12.6 Å². The van der Waals surface area contributed by atoms with Gasteiger partial charge in [-0.1, -0.05) is 73.7 Å². The monoisotopic (exact) mass is 528 g/mol. The molecule has 0 spiro atoms. The molecule has 1 aromatic heterocycles. The lowest BCUT2D eigenvalue weighted by Gasteiger charge is -2.32. The molecule has 0 atom stereocenters. The third-order valence-corrected chi connectivity index (χ3v) is 7.95. The molecule has 1 aliphatic heterocycles. The number of likely N-dealkylation sites (tertiary alicyclic amines) is 1. The molecule has 0 unspecified atom stereocenters. The summed E-state index contributed by atoms with van der Waals surface area (Å²) in [7, 11) is 0. The van der Waals surface area contributed by atoms with Crippen molar-refractivity contribution < 1.29 is 13.2 Å². The van der Waals surface area contributed by atoms with Crippen molar-refractivity contribution in [2.45, 2.75) is 102 Å². The first-order valence-corrected chi connectivity index (χ1v) is 14.6. The molecule has 4 nitrogen and oxygen atoms in total. The zero-order valence-corrected chi connectivity index (χ0v) is 22.6. The molecule has 2 heterocycles. The van der Waals surface area contributed by atoms with E-state index in [4.69, 9.17) is 0 Å². The number of nitrogens with zero attached hydrogens (tertiary/aromatic N) is 4. The third-order valence-electron chi connectivity index (χ3n) is 7.95. The van der Waals surface area contributed by atoms with E-state index >= 15 is 0 Å². The number of unbranched alkanes of at least 4 members (excludes halogenated alkanes) is 7. The SMILES string of the molecule is FC(F)(F)CCCCCCCCCc1cccc(C2CCN(CCCCn3nnc4ccccc43)CC2)c1. The summed E-state index contributed by atoms with van der Waals surface area (Å²) < 4.78 is 38.6. The summed E-state index contributed by atoms with van der Waals surface area (Å²) in [4.78, 5) is 2.61. The second-order valence-corrected chi connectivity index (χ2v) is 11.0. The highest BCUT2D eigenvalue weighted by molar-refractivity contribution is 5.73.